The van der Waals surface area contributed by atoms with E-state index in [-0.39, 0.29) is 0 Å². The van der Waals surface area contributed by atoms with Gasteiger partial charge in [0.05, 0.1) is 11.3 Å². The van der Waals surface area contributed by atoms with E-state index in [9.17, 15) is 0 Å². The summed E-state index contributed by atoms with van der Waals surface area (Å²) in [6.45, 7) is 2.77. The molecule has 2 aromatic rings. The number of nitrogens with one attached hydrogen (secondary N) is 1. The lowest BCUT2D eigenvalue weighted by Gasteiger charge is -2.09. The Morgan fingerprint density at radius 3 is 2.90 bits per heavy atom. The molecule has 0 atom stereocenters. The van der Waals surface area contributed by atoms with Crippen LogP contribution in [0.5, 0.6) is 0 Å². The predicted molar refractivity (Wildman–Crippen MR) is 76.8 cm³/mol. The summed E-state index contributed by atoms with van der Waals surface area (Å²) >= 11 is 5.96. The average Bonchev–Trinajstić information content (AvgIpc) is 2.45. The lowest BCUT2D eigenvalue weighted by molar-refractivity contribution is 0.128. The van der Waals surface area contributed by atoms with Gasteiger partial charge in [-0.15, -0.1) is 0 Å². The molecule has 0 saturated carbocycles. The molecular weight excluding hydrogens is 276 g/mol. The van der Waals surface area contributed by atoms with Crippen LogP contribution in [0.1, 0.15) is 18.3 Å². The number of halogens is 1. The van der Waals surface area contributed by atoms with Gasteiger partial charge in [-0.1, -0.05) is 23.7 Å². The zero-order valence-corrected chi connectivity index (χ0v) is 11.7. The van der Waals surface area contributed by atoms with E-state index in [0.29, 0.717) is 41.3 Å². The standard InChI is InChI=1S/C14H13ClN4O/c1-2-20-9-14-18-12(15)7-13(19-14)17-11-6-4-3-5-10(11)8-16/h3-7H,2,9H2,1H3,(H,17,18,19). The van der Waals surface area contributed by atoms with E-state index in [4.69, 9.17) is 21.6 Å². The molecule has 1 aromatic heterocycles. The van der Waals surface area contributed by atoms with Crippen molar-refractivity contribution in [2.75, 3.05) is 11.9 Å². The highest BCUT2D eigenvalue weighted by Crippen LogP contribution is 2.20. The number of nitrogens with zero attached hydrogens (tertiary/aromatic N) is 3. The average molecular weight is 289 g/mol. The molecule has 0 fully saturated rings. The van der Waals surface area contributed by atoms with Crippen molar-refractivity contribution in [2.24, 2.45) is 0 Å². The van der Waals surface area contributed by atoms with E-state index in [0.717, 1.165) is 0 Å². The van der Waals surface area contributed by atoms with Crippen molar-refractivity contribution in [1.82, 2.24) is 9.97 Å². The van der Waals surface area contributed by atoms with Gasteiger partial charge in [0.2, 0.25) is 0 Å². The van der Waals surface area contributed by atoms with Crippen LogP contribution in [-0.4, -0.2) is 16.6 Å². The molecule has 0 aliphatic carbocycles. The number of benzene rings is 1. The van der Waals surface area contributed by atoms with Gasteiger partial charge in [-0.05, 0) is 19.1 Å². The Hall–Kier alpha value is -2.16. The van der Waals surface area contributed by atoms with Gasteiger partial charge in [0.15, 0.2) is 5.82 Å². The van der Waals surface area contributed by atoms with Crippen LogP contribution >= 0.6 is 11.6 Å². The lowest BCUT2D eigenvalue weighted by atomic mass is 10.2. The summed E-state index contributed by atoms with van der Waals surface area (Å²) in [7, 11) is 0. The van der Waals surface area contributed by atoms with Crippen LogP contribution < -0.4 is 5.32 Å². The number of hydrogen-bond acceptors (Lipinski definition) is 5. The lowest BCUT2D eigenvalue weighted by Crippen LogP contribution is -2.03. The molecule has 0 unspecified atom stereocenters. The zero-order chi connectivity index (χ0) is 14.4. The normalized spacial score (nSPS) is 10.1. The molecule has 5 nitrogen and oxygen atoms in total. The first-order chi connectivity index (χ1) is 9.72. The minimum Gasteiger partial charge on any atom is -0.374 e. The minimum atomic E-state index is 0.297. The van der Waals surface area contributed by atoms with E-state index in [2.05, 4.69) is 21.4 Å². The highest BCUT2D eigenvalue weighted by atomic mass is 35.5. The number of ether oxygens (including phenoxy) is 1. The van der Waals surface area contributed by atoms with Gasteiger partial charge in [0.25, 0.3) is 0 Å². The molecular formula is C14H13ClN4O. The van der Waals surface area contributed by atoms with Crippen molar-refractivity contribution in [1.29, 1.82) is 5.26 Å². The third kappa shape index (κ3) is 3.67. The molecule has 0 amide bonds. The summed E-state index contributed by atoms with van der Waals surface area (Å²) in [5.74, 6) is 1.03. The van der Waals surface area contributed by atoms with Gasteiger partial charge >= 0.3 is 0 Å². The SMILES string of the molecule is CCOCc1nc(Cl)cc(Nc2ccccc2C#N)n1. The Morgan fingerprint density at radius 2 is 2.15 bits per heavy atom. The zero-order valence-electron chi connectivity index (χ0n) is 10.9. The van der Waals surface area contributed by atoms with Gasteiger partial charge in [0.1, 0.15) is 23.6 Å². The summed E-state index contributed by atoms with van der Waals surface area (Å²) in [4.78, 5) is 8.38. The van der Waals surface area contributed by atoms with E-state index >= 15 is 0 Å². The molecule has 2 rings (SSSR count). The van der Waals surface area contributed by atoms with Crippen molar-refractivity contribution < 1.29 is 4.74 Å². The molecule has 0 bridgehead atoms. The Bertz CT molecular complexity index is 639. The van der Waals surface area contributed by atoms with Crippen molar-refractivity contribution >= 4 is 23.1 Å². The number of para-hydroxylation sites is 1. The van der Waals surface area contributed by atoms with Crippen LogP contribution in [0, 0.1) is 11.3 Å². The molecule has 0 saturated heterocycles. The summed E-state index contributed by atoms with van der Waals surface area (Å²) < 4.78 is 5.26. The van der Waals surface area contributed by atoms with Crippen molar-refractivity contribution in [3.05, 3.63) is 46.9 Å². The third-order valence-electron chi connectivity index (χ3n) is 2.49. The van der Waals surface area contributed by atoms with Gasteiger partial charge in [0, 0.05) is 12.7 Å². The number of nitriles is 1. The maximum Gasteiger partial charge on any atom is 0.158 e. The molecule has 0 radical (unpaired) electrons. The second kappa shape index (κ2) is 6.85. The fourth-order valence-electron chi connectivity index (χ4n) is 1.61. The van der Waals surface area contributed by atoms with E-state index in [1.165, 1.54) is 0 Å². The first-order valence-corrected chi connectivity index (χ1v) is 6.48. The number of anilines is 2. The Labute approximate surface area is 122 Å². The molecule has 1 N–H and O–H groups in total. The maximum atomic E-state index is 9.05. The highest BCUT2D eigenvalue weighted by molar-refractivity contribution is 6.29. The summed E-state index contributed by atoms with van der Waals surface area (Å²) in [5.41, 5.74) is 1.21. The van der Waals surface area contributed by atoms with Crippen LogP contribution in [0.3, 0.4) is 0 Å². The predicted octanol–water partition coefficient (Wildman–Crippen LogP) is 3.28. The molecule has 20 heavy (non-hydrogen) atoms. The maximum absolute atomic E-state index is 9.05. The van der Waals surface area contributed by atoms with Crippen molar-refractivity contribution in [3.63, 3.8) is 0 Å². The second-order valence-corrected chi connectivity index (χ2v) is 4.30. The van der Waals surface area contributed by atoms with E-state index in [1.54, 1.807) is 24.3 Å². The Morgan fingerprint density at radius 1 is 1.35 bits per heavy atom. The molecule has 6 heteroatoms. The summed E-state index contributed by atoms with van der Waals surface area (Å²) in [6.07, 6.45) is 0. The van der Waals surface area contributed by atoms with Gasteiger partial charge in [-0.3, -0.25) is 0 Å². The Kier molecular flexibility index (Phi) is 4.88. The molecule has 1 heterocycles. The van der Waals surface area contributed by atoms with Gasteiger partial charge in [-0.25, -0.2) is 9.97 Å². The van der Waals surface area contributed by atoms with Gasteiger partial charge in [-0.2, -0.15) is 5.26 Å². The largest absolute Gasteiger partial charge is 0.374 e. The Balaban J connectivity index is 2.25. The number of aromatic nitrogens is 2. The van der Waals surface area contributed by atoms with Crippen molar-refractivity contribution in [3.8, 4) is 6.07 Å². The number of hydrogen-bond donors (Lipinski definition) is 1. The van der Waals surface area contributed by atoms with Crippen molar-refractivity contribution in [2.45, 2.75) is 13.5 Å². The topological polar surface area (TPSA) is 70.8 Å². The van der Waals surface area contributed by atoms with Crippen LogP contribution in [-0.2, 0) is 11.3 Å². The molecule has 0 aliphatic heterocycles. The number of rotatable bonds is 5. The minimum absolute atomic E-state index is 0.297. The molecule has 0 aliphatic rings. The monoisotopic (exact) mass is 288 g/mol. The third-order valence-corrected chi connectivity index (χ3v) is 2.68. The summed E-state index contributed by atoms with van der Waals surface area (Å²) in [6, 6.07) is 10.9. The second-order valence-electron chi connectivity index (χ2n) is 3.91. The molecule has 0 spiro atoms. The van der Waals surface area contributed by atoms with Crippen LogP contribution in [0.4, 0.5) is 11.5 Å². The fraction of sp³-hybridized carbons (Fsp3) is 0.214. The first kappa shape index (κ1) is 14.3. The van der Waals surface area contributed by atoms with Crippen LogP contribution in [0.25, 0.3) is 0 Å². The van der Waals surface area contributed by atoms with E-state index in [1.807, 2.05) is 13.0 Å². The highest BCUT2D eigenvalue weighted by Gasteiger charge is 2.06. The molecule has 102 valence electrons. The smallest absolute Gasteiger partial charge is 0.158 e. The first-order valence-electron chi connectivity index (χ1n) is 6.10. The van der Waals surface area contributed by atoms with Crippen LogP contribution in [0.2, 0.25) is 5.15 Å². The quantitative estimate of drug-likeness (QED) is 0.855. The van der Waals surface area contributed by atoms with Gasteiger partial charge < -0.3 is 10.1 Å². The van der Waals surface area contributed by atoms with Crippen LogP contribution in [0.15, 0.2) is 30.3 Å². The molecule has 1 aromatic carbocycles. The van der Waals surface area contributed by atoms with E-state index < -0.39 is 0 Å². The summed E-state index contributed by atoms with van der Waals surface area (Å²) in [5, 5.41) is 12.4. The fourth-order valence-corrected chi connectivity index (χ4v) is 1.82.